The number of carbonyl (C=O) groups is 1. The summed E-state index contributed by atoms with van der Waals surface area (Å²) in [5, 5.41) is 3.11. The third-order valence-electron chi connectivity index (χ3n) is 6.34. The van der Waals surface area contributed by atoms with Crippen molar-refractivity contribution >= 4 is 15.9 Å². The van der Waals surface area contributed by atoms with E-state index in [1.165, 1.54) is 16.4 Å². The number of methoxy groups -OCH3 is 1. The predicted octanol–water partition coefficient (Wildman–Crippen LogP) is 4.54. The first kappa shape index (κ1) is 25.2. The SMILES string of the molecule is COc1cc(C)c([C@@H](C)NC(=O)C2CCN(S(=O)(=O)c3ccc(F)cc3)CC2)cc1C(C)C. The van der Waals surface area contributed by atoms with Crippen LogP contribution in [0.15, 0.2) is 41.3 Å². The molecule has 180 valence electrons. The lowest BCUT2D eigenvalue weighted by atomic mass is 9.92. The van der Waals surface area contributed by atoms with Crippen molar-refractivity contribution < 1.29 is 22.3 Å². The van der Waals surface area contributed by atoms with E-state index in [9.17, 15) is 17.6 Å². The Balaban J connectivity index is 1.65. The Morgan fingerprint density at radius 1 is 1.09 bits per heavy atom. The summed E-state index contributed by atoms with van der Waals surface area (Å²) in [6.45, 7) is 8.69. The molecule has 1 atom stereocenters. The number of rotatable bonds is 7. The van der Waals surface area contributed by atoms with Crippen molar-refractivity contribution in [2.75, 3.05) is 20.2 Å². The molecule has 0 radical (unpaired) electrons. The van der Waals surface area contributed by atoms with Gasteiger partial charge in [0.05, 0.1) is 18.0 Å². The average molecular weight is 477 g/mol. The molecule has 0 aromatic heterocycles. The highest BCUT2D eigenvalue weighted by Crippen LogP contribution is 2.32. The first-order valence-electron chi connectivity index (χ1n) is 11.3. The molecule has 1 saturated heterocycles. The number of hydrogen-bond donors (Lipinski definition) is 1. The second kappa shape index (κ2) is 10.2. The van der Waals surface area contributed by atoms with E-state index >= 15 is 0 Å². The monoisotopic (exact) mass is 476 g/mol. The Morgan fingerprint density at radius 2 is 1.70 bits per heavy atom. The molecule has 1 amide bonds. The number of nitrogens with zero attached hydrogens (tertiary/aromatic N) is 1. The molecular weight excluding hydrogens is 443 g/mol. The zero-order valence-corrected chi connectivity index (χ0v) is 20.7. The largest absolute Gasteiger partial charge is 0.496 e. The molecule has 33 heavy (non-hydrogen) atoms. The van der Waals surface area contributed by atoms with Crippen LogP contribution in [0.25, 0.3) is 0 Å². The summed E-state index contributed by atoms with van der Waals surface area (Å²) in [5.74, 6) is 0.332. The molecule has 8 heteroatoms. The third-order valence-corrected chi connectivity index (χ3v) is 8.25. The first-order chi connectivity index (χ1) is 15.5. The fourth-order valence-electron chi connectivity index (χ4n) is 4.33. The van der Waals surface area contributed by atoms with Crippen LogP contribution >= 0.6 is 0 Å². The van der Waals surface area contributed by atoms with E-state index < -0.39 is 15.8 Å². The molecule has 2 aromatic rings. The van der Waals surface area contributed by atoms with Crippen LogP contribution < -0.4 is 10.1 Å². The fourth-order valence-corrected chi connectivity index (χ4v) is 5.80. The minimum atomic E-state index is -3.70. The van der Waals surface area contributed by atoms with Crippen LogP contribution in [0.4, 0.5) is 4.39 Å². The van der Waals surface area contributed by atoms with Crippen LogP contribution in [0.5, 0.6) is 5.75 Å². The molecule has 6 nitrogen and oxygen atoms in total. The van der Waals surface area contributed by atoms with Gasteiger partial charge in [-0.05, 0) is 85.7 Å². The number of amides is 1. The van der Waals surface area contributed by atoms with Crippen molar-refractivity contribution in [3.05, 3.63) is 58.9 Å². The van der Waals surface area contributed by atoms with Gasteiger partial charge in [-0.3, -0.25) is 4.79 Å². The molecule has 0 spiro atoms. The lowest BCUT2D eigenvalue weighted by molar-refractivity contribution is -0.126. The molecule has 3 rings (SSSR count). The molecule has 0 unspecified atom stereocenters. The number of halogens is 1. The number of ether oxygens (including phenoxy) is 1. The van der Waals surface area contributed by atoms with E-state index in [1.54, 1.807) is 7.11 Å². The van der Waals surface area contributed by atoms with E-state index in [4.69, 9.17) is 4.74 Å². The summed E-state index contributed by atoms with van der Waals surface area (Å²) in [5.41, 5.74) is 3.19. The van der Waals surface area contributed by atoms with Crippen LogP contribution in [-0.2, 0) is 14.8 Å². The summed E-state index contributed by atoms with van der Waals surface area (Å²) in [6, 6.07) is 8.75. The molecule has 1 fully saturated rings. The molecule has 1 aliphatic rings. The maximum absolute atomic E-state index is 13.1. The van der Waals surface area contributed by atoms with Gasteiger partial charge in [0.1, 0.15) is 11.6 Å². The lowest BCUT2D eigenvalue weighted by Gasteiger charge is -2.31. The quantitative estimate of drug-likeness (QED) is 0.636. The van der Waals surface area contributed by atoms with Gasteiger partial charge in [0.2, 0.25) is 15.9 Å². The van der Waals surface area contributed by atoms with Crippen molar-refractivity contribution in [2.24, 2.45) is 5.92 Å². The van der Waals surface area contributed by atoms with Gasteiger partial charge in [-0.1, -0.05) is 13.8 Å². The van der Waals surface area contributed by atoms with E-state index in [-0.39, 0.29) is 41.8 Å². The Hall–Kier alpha value is -2.45. The maximum atomic E-state index is 13.1. The number of carbonyl (C=O) groups excluding carboxylic acids is 1. The number of nitrogens with one attached hydrogen (secondary N) is 1. The molecule has 1 aliphatic heterocycles. The highest BCUT2D eigenvalue weighted by molar-refractivity contribution is 7.89. The second-order valence-electron chi connectivity index (χ2n) is 8.97. The summed E-state index contributed by atoms with van der Waals surface area (Å²) in [4.78, 5) is 13.0. The fraction of sp³-hybridized carbons (Fsp3) is 0.480. The standard InChI is InChI=1S/C25H33FN2O4S/c1-16(2)22-15-23(17(3)14-24(22)32-5)18(4)27-25(29)19-10-12-28(13-11-19)33(30,31)21-8-6-20(26)7-9-21/h6-9,14-16,18-19H,10-13H2,1-5H3,(H,27,29)/t18-/m1/s1. The van der Waals surface area contributed by atoms with Gasteiger partial charge in [0.15, 0.2) is 0 Å². The molecule has 0 bridgehead atoms. The Bertz CT molecular complexity index is 1090. The zero-order valence-electron chi connectivity index (χ0n) is 19.9. The summed E-state index contributed by atoms with van der Waals surface area (Å²) in [7, 11) is -2.04. The lowest BCUT2D eigenvalue weighted by Crippen LogP contribution is -2.43. The topological polar surface area (TPSA) is 75.7 Å². The number of piperidine rings is 1. The number of aryl methyl sites for hydroxylation is 1. The van der Waals surface area contributed by atoms with Crippen molar-refractivity contribution in [1.29, 1.82) is 0 Å². The zero-order chi connectivity index (χ0) is 24.3. The predicted molar refractivity (Wildman–Crippen MR) is 126 cm³/mol. The van der Waals surface area contributed by atoms with Gasteiger partial charge in [-0.15, -0.1) is 0 Å². The van der Waals surface area contributed by atoms with Crippen LogP contribution in [0.3, 0.4) is 0 Å². The normalized spacial score (nSPS) is 16.6. The van der Waals surface area contributed by atoms with Gasteiger partial charge < -0.3 is 10.1 Å². The van der Waals surface area contributed by atoms with Crippen molar-refractivity contribution in [2.45, 2.75) is 57.4 Å². The summed E-state index contributed by atoms with van der Waals surface area (Å²) < 4.78 is 45.6. The van der Waals surface area contributed by atoms with Crippen molar-refractivity contribution in [1.82, 2.24) is 9.62 Å². The minimum Gasteiger partial charge on any atom is -0.496 e. The van der Waals surface area contributed by atoms with E-state index in [1.807, 2.05) is 19.9 Å². The van der Waals surface area contributed by atoms with Crippen LogP contribution in [-0.4, -0.2) is 38.8 Å². The molecule has 1 heterocycles. The van der Waals surface area contributed by atoms with Crippen molar-refractivity contribution in [3.63, 3.8) is 0 Å². The Morgan fingerprint density at radius 3 is 2.24 bits per heavy atom. The third kappa shape index (κ3) is 5.55. The highest BCUT2D eigenvalue weighted by Gasteiger charge is 2.32. The molecule has 2 aromatic carbocycles. The Labute approximate surface area is 196 Å². The smallest absolute Gasteiger partial charge is 0.243 e. The second-order valence-corrected chi connectivity index (χ2v) is 10.9. The molecule has 0 saturated carbocycles. The van der Waals surface area contributed by atoms with E-state index in [0.29, 0.717) is 12.8 Å². The van der Waals surface area contributed by atoms with Gasteiger partial charge in [0, 0.05) is 19.0 Å². The summed E-state index contributed by atoms with van der Waals surface area (Å²) in [6.07, 6.45) is 0.885. The van der Waals surface area contributed by atoms with Gasteiger partial charge >= 0.3 is 0 Å². The van der Waals surface area contributed by atoms with Crippen LogP contribution in [0, 0.1) is 18.7 Å². The van der Waals surface area contributed by atoms with E-state index in [2.05, 4.69) is 25.2 Å². The average Bonchev–Trinajstić information content (AvgIpc) is 2.78. The minimum absolute atomic E-state index is 0.0661. The van der Waals surface area contributed by atoms with Crippen molar-refractivity contribution in [3.8, 4) is 5.75 Å². The maximum Gasteiger partial charge on any atom is 0.243 e. The Kier molecular flexibility index (Phi) is 7.80. The summed E-state index contributed by atoms with van der Waals surface area (Å²) >= 11 is 0. The number of hydrogen-bond acceptors (Lipinski definition) is 4. The van der Waals surface area contributed by atoms with Gasteiger partial charge in [0.25, 0.3) is 0 Å². The van der Waals surface area contributed by atoms with Gasteiger partial charge in [-0.2, -0.15) is 4.31 Å². The van der Waals surface area contributed by atoms with E-state index in [0.717, 1.165) is 34.6 Å². The molecule has 0 aliphatic carbocycles. The number of benzene rings is 2. The first-order valence-corrected chi connectivity index (χ1v) is 12.7. The van der Waals surface area contributed by atoms with Crippen LogP contribution in [0.2, 0.25) is 0 Å². The van der Waals surface area contributed by atoms with Gasteiger partial charge in [-0.25, -0.2) is 12.8 Å². The molecular formula is C25H33FN2O4S. The number of sulfonamides is 1. The molecule has 1 N–H and O–H groups in total. The highest BCUT2D eigenvalue weighted by atomic mass is 32.2. The van der Waals surface area contributed by atoms with Crippen LogP contribution in [0.1, 0.15) is 62.3 Å².